The topological polar surface area (TPSA) is 56.7 Å². The number of aryl methyl sites for hydroxylation is 1. The smallest absolute Gasteiger partial charge is 0.0948 e. The first-order valence-corrected chi connectivity index (χ1v) is 6.61. The van der Waals surface area contributed by atoms with E-state index in [0.717, 1.165) is 29.3 Å². The number of nitrogens with zero attached hydrogens (tertiary/aromatic N) is 3. The molecule has 0 aromatic carbocycles. The molecule has 0 bridgehead atoms. The number of nitrogens with two attached hydrogens (primary N) is 1. The summed E-state index contributed by atoms with van der Waals surface area (Å²) in [5.41, 5.74) is 7.82. The molecular formula is C12H16N4S. The highest BCUT2D eigenvalue weighted by molar-refractivity contribution is 7.98. The van der Waals surface area contributed by atoms with E-state index >= 15 is 0 Å². The van der Waals surface area contributed by atoms with Gasteiger partial charge in [0.1, 0.15) is 0 Å². The van der Waals surface area contributed by atoms with E-state index in [2.05, 4.69) is 21.5 Å². The van der Waals surface area contributed by atoms with Crippen molar-refractivity contribution in [3.05, 3.63) is 36.7 Å². The second-order valence-corrected chi connectivity index (χ2v) is 4.80. The standard InChI is InChI=1S/C12H16N4S/c1-2-5-16-9-15-6-10(16)8-17-12-3-4-14-7-11(12)13/h3-4,6-7,9H,2,5,8,13H2,1H3. The molecule has 0 saturated carbocycles. The average Bonchev–Trinajstić information content (AvgIpc) is 2.76. The fraction of sp³-hybridized carbons (Fsp3) is 0.333. The predicted molar refractivity (Wildman–Crippen MR) is 70.7 cm³/mol. The SMILES string of the molecule is CCCn1cncc1CSc1ccncc1N. The lowest BCUT2D eigenvalue weighted by Gasteiger charge is -2.07. The van der Waals surface area contributed by atoms with Crippen LogP contribution < -0.4 is 5.73 Å². The van der Waals surface area contributed by atoms with Gasteiger partial charge in [0.15, 0.2) is 0 Å². The summed E-state index contributed by atoms with van der Waals surface area (Å²) < 4.78 is 2.18. The van der Waals surface area contributed by atoms with Gasteiger partial charge < -0.3 is 10.3 Å². The van der Waals surface area contributed by atoms with Gasteiger partial charge in [0.05, 0.1) is 18.2 Å². The lowest BCUT2D eigenvalue weighted by molar-refractivity contribution is 0.659. The Kier molecular flexibility index (Phi) is 4.03. The summed E-state index contributed by atoms with van der Waals surface area (Å²) in [5.74, 6) is 0.883. The number of hydrogen-bond acceptors (Lipinski definition) is 4. The fourth-order valence-electron chi connectivity index (χ4n) is 1.59. The van der Waals surface area contributed by atoms with Gasteiger partial charge in [-0.1, -0.05) is 6.92 Å². The number of pyridine rings is 1. The molecule has 2 rings (SSSR count). The molecule has 0 unspecified atom stereocenters. The third kappa shape index (κ3) is 3.00. The van der Waals surface area contributed by atoms with Crippen LogP contribution in [0.2, 0.25) is 0 Å². The highest BCUT2D eigenvalue weighted by Crippen LogP contribution is 2.26. The van der Waals surface area contributed by atoms with E-state index in [1.165, 1.54) is 5.69 Å². The molecule has 17 heavy (non-hydrogen) atoms. The Morgan fingerprint density at radius 1 is 1.35 bits per heavy atom. The average molecular weight is 248 g/mol. The first-order valence-electron chi connectivity index (χ1n) is 5.62. The molecule has 2 heterocycles. The summed E-state index contributed by atoms with van der Waals surface area (Å²) >= 11 is 1.72. The zero-order valence-electron chi connectivity index (χ0n) is 9.84. The van der Waals surface area contributed by atoms with Crippen molar-refractivity contribution in [3.63, 3.8) is 0 Å². The number of imidazole rings is 1. The lowest BCUT2D eigenvalue weighted by atomic mass is 10.4. The lowest BCUT2D eigenvalue weighted by Crippen LogP contribution is -1.99. The second-order valence-electron chi connectivity index (χ2n) is 3.78. The summed E-state index contributed by atoms with van der Waals surface area (Å²) in [5, 5.41) is 0. The minimum absolute atomic E-state index is 0.735. The van der Waals surface area contributed by atoms with Crippen molar-refractivity contribution in [1.29, 1.82) is 0 Å². The highest BCUT2D eigenvalue weighted by atomic mass is 32.2. The molecule has 4 nitrogen and oxygen atoms in total. The first kappa shape index (κ1) is 12.0. The first-order chi connectivity index (χ1) is 8.31. The number of rotatable bonds is 5. The van der Waals surface area contributed by atoms with Crippen LogP contribution in [0.15, 0.2) is 35.9 Å². The molecule has 2 aromatic heterocycles. The van der Waals surface area contributed by atoms with E-state index < -0.39 is 0 Å². The summed E-state index contributed by atoms with van der Waals surface area (Å²) in [6, 6.07) is 1.94. The molecule has 0 fully saturated rings. The van der Waals surface area contributed by atoms with Gasteiger partial charge in [-0.15, -0.1) is 11.8 Å². The Labute approximate surface area is 105 Å². The molecule has 0 aliphatic heterocycles. The van der Waals surface area contributed by atoms with E-state index in [-0.39, 0.29) is 0 Å². The largest absolute Gasteiger partial charge is 0.397 e. The minimum Gasteiger partial charge on any atom is -0.397 e. The summed E-state index contributed by atoms with van der Waals surface area (Å²) in [6.07, 6.45) is 8.37. The third-order valence-corrected chi connectivity index (χ3v) is 3.57. The number of nitrogen functional groups attached to an aromatic ring is 1. The monoisotopic (exact) mass is 248 g/mol. The second kappa shape index (κ2) is 5.72. The minimum atomic E-state index is 0.735. The van der Waals surface area contributed by atoms with Crippen molar-refractivity contribution in [1.82, 2.24) is 14.5 Å². The van der Waals surface area contributed by atoms with Crippen LogP contribution in [0.5, 0.6) is 0 Å². The van der Waals surface area contributed by atoms with Crippen LogP contribution in [-0.4, -0.2) is 14.5 Å². The summed E-state index contributed by atoms with van der Waals surface area (Å²) in [7, 11) is 0. The number of hydrogen-bond donors (Lipinski definition) is 1. The molecule has 0 saturated heterocycles. The van der Waals surface area contributed by atoms with Gasteiger partial charge in [0.25, 0.3) is 0 Å². The maximum atomic E-state index is 5.85. The number of anilines is 1. The molecule has 0 amide bonds. The highest BCUT2D eigenvalue weighted by Gasteiger charge is 2.04. The van der Waals surface area contributed by atoms with Gasteiger partial charge in [0.2, 0.25) is 0 Å². The van der Waals surface area contributed by atoms with Crippen LogP contribution in [0.4, 0.5) is 5.69 Å². The zero-order chi connectivity index (χ0) is 12.1. The van der Waals surface area contributed by atoms with E-state index in [0.29, 0.717) is 0 Å². The molecule has 5 heteroatoms. The quantitative estimate of drug-likeness (QED) is 0.826. The van der Waals surface area contributed by atoms with Crippen molar-refractivity contribution >= 4 is 17.4 Å². The Morgan fingerprint density at radius 2 is 2.24 bits per heavy atom. The van der Waals surface area contributed by atoms with E-state index in [4.69, 9.17) is 5.73 Å². The van der Waals surface area contributed by atoms with Crippen LogP contribution in [0.25, 0.3) is 0 Å². The van der Waals surface area contributed by atoms with Gasteiger partial charge in [-0.3, -0.25) is 4.98 Å². The summed E-state index contributed by atoms with van der Waals surface area (Å²) in [4.78, 5) is 9.24. The normalized spacial score (nSPS) is 10.6. The van der Waals surface area contributed by atoms with E-state index in [9.17, 15) is 0 Å². The van der Waals surface area contributed by atoms with Crippen molar-refractivity contribution in [2.45, 2.75) is 30.5 Å². The molecule has 0 aliphatic carbocycles. The van der Waals surface area contributed by atoms with Crippen LogP contribution in [0.1, 0.15) is 19.0 Å². The van der Waals surface area contributed by atoms with E-state index in [1.807, 2.05) is 18.6 Å². The molecule has 0 atom stereocenters. The molecule has 90 valence electrons. The van der Waals surface area contributed by atoms with Crippen molar-refractivity contribution in [2.24, 2.45) is 0 Å². The number of thioether (sulfide) groups is 1. The van der Waals surface area contributed by atoms with Gasteiger partial charge >= 0.3 is 0 Å². The molecule has 0 spiro atoms. The van der Waals surface area contributed by atoms with Crippen LogP contribution in [-0.2, 0) is 12.3 Å². The van der Waals surface area contributed by atoms with Crippen LogP contribution >= 0.6 is 11.8 Å². The van der Waals surface area contributed by atoms with Crippen molar-refractivity contribution in [3.8, 4) is 0 Å². The van der Waals surface area contributed by atoms with Crippen LogP contribution in [0.3, 0.4) is 0 Å². The van der Waals surface area contributed by atoms with E-state index in [1.54, 1.807) is 24.2 Å². The van der Waals surface area contributed by atoms with Gasteiger partial charge in [-0.2, -0.15) is 0 Å². The Morgan fingerprint density at radius 3 is 3.00 bits per heavy atom. The van der Waals surface area contributed by atoms with Crippen molar-refractivity contribution in [2.75, 3.05) is 5.73 Å². The molecular weight excluding hydrogens is 232 g/mol. The fourth-order valence-corrected chi connectivity index (χ4v) is 2.51. The molecule has 2 aromatic rings. The van der Waals surface area contributed by atoms with Crippen LogP contribution in [0, 0.1) is 0 Å². The Balaban J connectivity index is 2.02. The third-order valence-electron chi connectivity index (χ3n) is 2.45. The maximum Gasteiger partial charge on any atom is 0.0948 e. The van der Waals surface area contributed by atoms with Crippen molar-refractivity contribution < 1.29 is 0 Å². The summed E-state index contributed by atoms with van der Waals surface area (Å²) in [6.45, 7) is 3.18. The molecule has 0 aliphatic rings. The van der Waals surface area contributed by atoms with Gasteiger partial charge in [-0.25, -0.2) is 4.98 Å². The Bertz CT molecular complexity index is 481. The number of aromatic nitrogens is 3. The molecule has 0 radical (unpaired) electrons. The predicted octanol–water partition coefficient (Wildman–Crippen LogP) is 2.56. The zero-order valence-corrected chi connectivity index (χ0v) is 10.7. The Hall–Kier alpha value is -1.49. The molecule has 2 N–H and O–H groups in total. The maximum absolute atomic E-state index is 5.85. The van der Waals surface area contributed by atoms with Gasteiger partial charge in [-0.05, 0) is 12.5 Å². The van der Waals surface area contributed by atoms with Gasteiger partial charge in [0, 0.05) is 35.3 Å².